The lowest BCUT2D eigenvalue weighted by Gasteiger charge is -2.20. The number of imidazole rings is 1. The van der Waals surface area contributed by atoms with Gasteiger partial charge in [0.25, 0.3) is 6.47 Å². The van der Waals surface area contributed by atoms with Crippen molar-refractivity contribution in [3.63, 3.8) is 0 Å². The topological polar surface area (TPSA) is 136 Å². The van der Waals surface area contributed by atoms with Crippen LogP contribution in [0.3, 0.4) is 0 Å². The fraction of sp³-hybridized carbons (Fsp3) is 0.455. The maximum atomic E-state index is 11.7. The summed E-state index contributed by atoms with van der Waals surface area (Å²) in [5.74, 6) is 0.112. The number of hydrogen-bond acceptors (Lipinski definition) is 5. The van der Waals surface area contributed by atoms with Gasteiger partial charge in [0.2, 0.25) is 11.8 Å². The summed E-state index contributed by atoms with van der Waals surface area (Å²) in [6, 6.07) is 0. The van der Waals surface area contributed by atoms with Crippen molar-refractivity contribution in [2.45, 2.75) is 13.5 Å². The maximum absolute atomic E-state index is 11.7. The van der Waals surface area contributed by atoms with Crippen LogP contribution in [-0.2, 0) is 20.9 Å². The minimum atomic E-state index is -0.264. The summed E-state index contributed by atoms with van der Waals surface area (Å²) in [4.78, 5) is 39.1. The van der Waals surface area contributed by atoms with E-state index in [0.717, 1.165) is 0 Å². The highest BCUT2D eigenvalue weighted by Gasteiger charge is 2.14. The number of carboxylic acid groups (broad SMARTS) is 1. The predicted molar refractivity (Wildman–Crippen MR) is 68.5 cm³/mol. The Hall–Kier alpha value is -2.42. The van der Waals surface area contributed by atoms with Gasteiger partial charge < -0.3 is 25.4 Å². The van der Waals surface area contributed by atoms with Gasteiger partial charge >= 0.3 is 0 Å². The highest BCUT2D eigenvalue weighted by Crippen LogP contribution is 1.98. The van der Waals surface area contributed by atoms with Gasteiger partial charge in [0.05, 0.1) is 19.7 Å². The molecule has 0 radical (unpaired) electrons. The molecule has 112 valence electrons. The standard InChI is InChI=1S/C10H16N4O3.CH2O2/c1-8(16)13-6-10(17)14(4-5-15)7-9-11-2-3-12-9;2-1-3/h2-3,15H,4-7H2,1H3,(H,11,12)(H,13,16);1H,(H,2,3). The van der Waals surface area contributed by atoms with Crippen molar-refractivity contribution < 1.29 is 24.6 Å². The molecule has 9 heteroatoms. The van der Waals surface area contributed by atoms with E-state index in [2.05, 4.69) is 15.3 Å². The van der Waals surface area contributed by atoms with Gasteiger partial charge in [-0.2, -0.15) is 0 Å². The first-order chi connectivity index (χ1) is 9.54. The minimum Gasteiger partial charge on any atom is -0.483 e. The second kappa shape index (κ2) is 10.5. The molecule has 0 aliphatic carbocycles. The molecular weight excluding hydrogens is 268 g/mol. The van der Waals surface area contributed by atoms with E-state index in [1.807, 2.05) is 0 Å². The lowest BCUT2D eigenvalue weighted by Crippen LogP contribution is -2.40. The zero-order valence-corrected chi connectivity index (χ0v) is 11.1. The number of carbonyl (C=O) groups is 3. The zero-order chi connectivity index (χ0) is 15.4. The van der Waals surface area contributed by atoms with Gasteiger partial charge in [0.15, 0.2) is 0 Å². The molecule has 0 aliphatic heterocycles. The van der Waals surface area contributed by atoms with Gasteiger partial charge in [-0.3, -0.25) is 14.4 Å². The van der Waals surface area contributed by atoms with Crippen LogP contribution in [-0.4, -0.2) is 63.1 Å². The van der Waals surface area contributed by atoms with Gasteiger partial charge in [0.1, 0.15) is 5.82 Å². The van der Waals surface area contributed by atoms with E-state index in [1.165, 1.54) is 11.8 Å². The second-order valence-corrected chi connectivity index (χ2v) is 3.59. The number of H-pyrrole nitrogens is 1. The molecule has 1 rings (SSSR count). The van der Waals surface area contributed by atoms with Gasteiger partial charge in [-0.15, -0.1) is 0 Å². The van der Waals surface area contributed by atoms with Crippen LogP contribution in [0.2, 0.25) is 0 Å². The Morgan fingerprint density at radius 2 is 2.20 bits per heavy atom. The number of nitrogens with zero attached hydrogens (tertiary/aromatic N) is 2. The Morgan fingerprint density at radius 1 is 1.55 bits per heavy atom. The maximum Gasteiger partial charge on any atom is 0.290 e. The third kappa shape index (κ3) is 7.82. The van der Waals surface area contributed by atoms with Crippen molar-refractivity contribution in [2.24, 2.45) is 0 Å². The largest absolute Gasteiger partial charge is 0.483 e. The Kier molecular flexibility index (Phi) is 9.23. The number of aromatic amines is 1. The Bertz CT molecular complexity index is 407. The van der Waals surface area contributed by atoms with Crippen LogP contribution < -0.4 is 5.32 Å². The number of carbonyl (C=O) groups excluding carboxylic acids is 2. The van der Waals surface area contributed by atoms with Crippen LogP contribution in [0.5, 0.6) is 0 Å². The Labute approximate surface area is 115 Å². The van der Waals surface area contributed by atoms with Gasteiger partial charge in [-0.1, -0.05) is 0 Å². The Balaban J connectivity index is 0.00000110. The number of rotatable bonds is 6. The summed E-state index contributed by atoms with van der Waals surface area (Å²) in [5.41, 5.74) is 0. The average molecular weight is 286 g/mol. The highest BCUT2D eigenvalue weighted by atomic mass is 16.3. The molecule has 0 fully saturated rings. The molecule has 2 amide bonds. The number of amides is 2. The molecule has 0 saturated carbocycles. The van der Waals surface area contributed by atoms with Crippen molar-refractivity contribution in [1.29, 1.82) is 0 Å². The smallest absolute Gasteiger partial charge is 0.290 e. The van der Waals surface area contributed by atoms with Gasteiger partial charge in [-0.05, 0) is 0 Å². The highest BCUT2D eigenvalue weighted by molar-refractivity contribution is 5.83. The molecular formula is C11H18N4O5. The number of aromatic nitrogens is 2. The van der Waals surface area contributed by atoms with E-state index < -0.39 is 0 Å². The van der Waals surface area contributed by atoms with Crippen LogP contribution in [0.4, 0.5) is 0 Å². The first-order valence-corrected chi connectivity index (χ1v) is 5.74. The first-order valence-electron chi connectivity index (χ1n) is 5.74. The van der Waals surface area contributed by atoms with Crippen LogP contribution in [0.1, 0.15) is 12.7 Å². The number of aliphatic hydroxyl groups excluding tert-OH is 1. The second-order valence-electron chi connectivity index (χ2n) is 3.59. The van der Waals surface area contributed by atoms with Crippen LogP contribution in [0.25, 0.3) is 0 Å². The molecule has 0 atom stereocenters. The molecule has 0 unspecified atom stereocenters. The van der Waals surface area contributed by atoms with E-state index in [4.69, 9.17) is 15.0 Å². The zero-order valence-electron chi connectivity index (χ0n) is 11.1. The summed E-state index contributed by atoms with van der Waals surface area (Å²) >= 11 is 0. The van der Waals surface area contributed by atoms with E-state index in [0.29, 0.717) is 5.82 Å². The molecule has 0 bridgehead atoms. The first kappa shape index (κ1) is 17.6. The minimum absolute atomic E-state index is 0.0734. The fourth-order valence-corrected chi connectivity index (χ4v) is 1.29. The average Bonchev–Trinajstić information content (AvgIpc) is 2.89. The van der Waals surface area contributed by atoms with E-state index >= 15 is 0 Å². The SMILES string of the molecule is CC(=O)NCC(=O)N(CCO)Cc1ncc[nH]1.O=CO. The van der Waals surface area contributed by atoms with E-state index in [1.54, 1.807) is 12.4 Å². The molecule has 1 aromatic rings. The normalized spacial score (nSPS) is 9.10. The van der Waals surface area contributed by atoms with Crippen molar-refractivity contribution >= 4 is 18.3 Å². The predicted octanol–water partition coefficient (Wildman–Crippen LogP) is -1.43. The molecule has 1 heterocycles. The van der Waals surface area contributed by atoms with Crippen LogP contribution >= 0.6 is 0 Å². The summed E-state index contributed by atoms with van der Waals surface area (Å²) in [6.07, 6.45) is 3.25. The third-order valence-corrected chi connectivity index (χ3v) is 2.11. The summed E-state index contributed by atoms with van der Waals surface area (Å²) < 4.78 is 0. The molecule has 20 heavy (non-hydrogen) atoms. The molecule has 9 nitrogen and oxygen atoms in total. The van der Waals surface area contributed by atoms with Gasteiger partial charge in [0, 0.05) is 25.9 Å². The quantitative estimate of drug-likeness (QED) is 0.473. The number of aliphatic hydroxyl groups is 1. The molecule has 0 spiro atoms. The lowest BCUT2D eigenvalue weighted by molar-refractivity contribution is -0.133. The van der Waals surface area contributed by atoms with Crippen molar-refractivity contribution in [3.05, 3.63) is 18.2 Å². The third-order valence-electron chi connectivity index (χ3n) is 2.11. The van der Waals surface area contributed by atoms with Gasteiger partial charge in [-0.25, -0.2) is 4.98 Å². The van der Waals surface area contributed by atoms with E-state index in [-0.39, 0.29) is 44.5 Å². The Morgan fingerprint density at radius 3 is 2.65 bits per heavy atom. The lowest BCUT2D eigenvalue weighted by atomic mass is 10.4. The van der Waals surface area contributed by atoms with Crippen molar-refractivity contribution in [3.8, 4) is 0 Å². The molecule has 0 aromatic carbocycles. The van der Waals surface area contributed by atoms with E-state index in [9.17, 15) is 9.59 Å². The molecule has 0 saturated heterocycles. The summed E-state index contributed by atoms with van der Waals surface area (Å²) in [7, 11) is 0. The summed E-state index contributed by atoms with van der Waals surface area (Å²) in [6.45, 7) is 1.38. The molecule has 0 aliphatic rings. The van der Waals surface area contributed by atoms with Crippen LogP contribution in [0, 0.1) is 0 Å². The molecule has 4 N–H and O–H groups in total. The fourth-order valence-electron chi connectivity index (χ4n) is 1.29. The summed E-state index contributed by atoms with van der Waals surface area (Å²) in [5, 5.41) is 18.2. The molecule has 1 aromatic heterocycles. The van der Waals surface area contributed by atoms with Crippen molar-refractivity contribution in [1.82, 2.24) is 20.2 Å². The number of hydrogen-bond donors (Lipinski definition) is 4. The van der Waals surface area contributed by atoms with Crippen LogP contribution in [0.15, 0.2) is 12.4 Å². The van der Waals surface area contributed by atoms with Crippen molar-refractivity contribution in [2.75, 3.05) is 19.7 Å². The monoisotopic (exact) mass is 286 g/mol. The number of nitrogens with one attached hydrogen (secondary N) is 2.